The number of ether oxygens (including phenoxy) is 1. The summed E-state index contributed by atoms with van der Waals surface area (Å²) in [6, 6.07) is 2.03. The molecule has 1 heterocycles. The molecule has 0 saturated heterocycles. The van der Waals surface area contributed by atoms with Gasteiger partial charge in [-0.25, -0.2) is 0 Å². The molecule has 16 heavy (non-hydrogen) atoms. The second kappa shape index (κ2) is 7.01. The third-order valence-electron chi connectivity index (χ3n) is 2.32. The Hall–Kier alpha value is -1.35. The molecular weight excluding hydrogens is 200 g/mol. The first-order valence-corrected chi connectivity index (χ1v) is 5.67. The van der Waals surface area contributed by atoms with Crippen molar-refractivity contribution in [1.29, 1.82) is 0 Å². The van der Waals surface area contributed by atoms with E-state index in [9.17, 15) is 0 Å². The largest absolute Gasteiger partial charge is 0.492 e. The van der Waals surface area contributed by atoms with Crippen LogP contribution in [0.2, 0.25) is 0 Å². The molecule has 1 rings (SSSR count). The van der Waals surface area contributed by atoms with E-state index in [1.807, 2.05) is 26.2 Å². The molecule has 1 N–H and O–H groups in total. The molecule has 0 unspecified atom stereocenters. The average molecular weight is 220 g/mol. The summed E-state index contributed by atoms with van der Waals surface area (Å²) in [4.78, 5) is 4.17. The van der Waals surface area contributed by atoms with Crippen LogP contribution in [0.5, 0.6) is 5.75 Å². The Balaban J connectivity index is 2.70. The Kier molecular flexibility index (Phi) is 5.57. The van der Waals surface area contributed by atoms with Gasteiger partial charge in [-0.3, -0.25) is 4.98 Å². The number of allylic oxidation sites excluding steroid dienone is 1. The summed E-state index contributed by atoms with van der Waals surface area (Å²) in [6.07, 6.45) is 6.85. The van der Waals surface area contributed by atoms with E-state index in [4.69, 9.17) is 4.74 Å². The van der Waals surface area contributed by atoms with Crippen molar-refractivity contribution in [3.8, 4) is 5.75 Å². The summed E-state index contributed by atoms with van der Waals surface area (Å²) in [5, 5.41) is 3.12. The van der Waals surface area contributed by atoms with Crippen molar-refractivity contribution in [1.82, 2.24) is 10.3 Å². The maximum atomic E-state index is 5.42. The molecule has 0 fully saturated rings. The smallest absolute Gasteiger partial charge is 0.138 e. The zero-order valence-corrected chi connectivity index (χ0v) is 10.3. The third kappa shape index (κ3) is 4.03. The van der Waals surface area contributed by atoms with Gasteiger partial charge in [0.05, 0.1) is 12.8 Å². The molecule has 0 amide bonds. The van der Waals surface area contributed by atoms with Crippen molar-refractivity contribution >= 4 is 5.57 Å². The van der Waals surface area contributed by atoms with Gasteiger partial charge in [-0.2, -0.15) is 0 Å². The van der Waals surface area contributed by atoms with Gasteiger partial charge in [0, 0.05) is 6.20 Å². The van der Waals surface area contributed by atoms with Gasteiger partial charge in [0.2, 0.25) is 0 Å². The van der Waals surface area contributed by atoms with E-state index in [0.29, 0.717) is 6.61 Å². The van der Waals surface area contributed by atoms with Gasteiger partial charge >= 0.3 is 0 Å². The maximum Gasteiger partial charge on any atom is 0.138 e. The fourth-order valence-electron chi connectivity index (χ4n) is 1.43. The zero-order chi connectivity index (χ0) is 11.8. The number of rotatable bonds is 6. The summed E-state index contributed by atoms with van der Waals surface area (Å²) in [5.41, 5.74) is 2.37. The number of nitrogens with zero attached hydrogens (tertiary/aromatic N) is 1. The van der Waals surface area contributed by atoms with Crippen molar-refractivity contribution < 1.29 is 4.74 Å². The molecule has 1 aromatic heterocycles. The van der Waals surface area contributed by atoms with Crippen molar-refractivity contribution in [2.75, 3.05) is 20.2 Å². The molecule has 3 heteroatoms. The lowest BCUT2D eigenvalue weighted by Crippen LogP contribution is -2.06. The van der Waals surface area contributed by atoms with Crippen molar-refractivity contribution in [3.63, 3.8) is 0 Å². The van der Waals surface area contributed by atoms with Crippen LogP contribution in [0.1, 0.15) is 25.8 Å². The standard InChI is InChI=1S/C13H20N2O/c1-4-16-13-8-12(9-15-10-13)11(2)6-5-7-14-3/h6,8-10,14H,4-5,7H2,1-3H3/b11-6+. The van der Waals surface area contributed by atoms with Crippen molar-refractivity contribution in [2.24, 2.45) is 0 Å². The molecule has 0 spiro atoms. The van der Waals surface area contributed by atoms with Crippen LogP contribution in [0.15, 0.2) is 24.5 Å². The molecule has 0 aliphatic rings. The third-order valence-corrected chi connectivity index (χ3v) is 2.32. The summed E-state index contributed by atoms with van der Waals surface area (Å²) < 4.78 is 5.42. The molecule has 88 valence electrons. The normalized spacial score (nSPS) is 11.6. The lowest BCUT2D eigenvalue weighted by molar-refractivity contribution is 0.339. The predicted molar refractivity (Wildman–Crippen MR) is 67.6 cm³/mol. The highest BCUT2D eigenvalue weighted by atomic mass is 16.5. The quantitative estimate of drug-likeness (QED) is 0.748. The van der Waals surface area contributed by atoms with Crippen LogP contribution < -0.4 is 10.1 Å². The first-order chi connectivity index (χ1) is 7.77. The second-order valence-corrected chi connectivity index (χ2v) is 3.62. The van der Waals surface area contributed by atoms with Crippen LogP contribution in [0, 0.1) is 0 Å². The Labute approximate surface area is 97.5 Å². The van der Waals surface area contributed by atoms with Crippen LogP contribution in [0.3, 0.4) is 0 Å². The fourth-order valence-corrected chi connectivity index (χ4v) is 1.43. The van der Waals surface area contributed by atoms with E-state index >= 15 is 0 Å². The van der Waals surface area contributed by atoms with Crippen LogP contribution in [0.25, 0.3) is 5.57 Å². The van der Waals surface area contributed by atoms with E-state index in [0.717, 1.165) is 24.3 Å². The summed E-state index contributed by atoms with van der Waals surface area (Å²) >= 11 is 0. The summed E-state index contributed by atoms with van der Waals surface area (Å²) in [5.74, 6) is 0.835. The van der Waals surface area contributed by atoms with E-state index in [1.54, 1.807) is 6.20 Å². The maximum absolute atomic E-state index is 5.42. The summed E-state index contributed by atoms with van der Waals surface area (Å²) in [7, 11) is 1.96. The SMILES string of the molecule is CCOc1cncc(/C(C)=C/CCNC)c1. The minimum absolute atomic E-state index is 0.674. The van der Waals surface area contributed by atoms with Gasteiger partial charge in [0.15, 0.2) is 0 Å². The lowest BCUT2D eigenvalue weighted by Gasteiger charge is -2.05. The topological polar surface area (TPSA) is 34.1 Å². The minimum Gasteiger partial charge on any atom is -0.492 e. The molecule has 0 aliphatic heterocycles. The Bertz CT molecular complexity index is 348. The van der Waals surface area contributed by atoms with Crippen molar-refractivity contribution in [3.05, 3.63) is 30.1 Å². The molecule has 0 bridgehead atoms. The molecular formula is C13H20N2O. The van der Waals surface area contributed by atoms with Crippen molar-refractivity contribution in [2.45, 2.75) is 20.3 Å². The van der Waals surface area contributed by atoms with Gasteiger partial charge in [0.1, 0.15) is 5.75 Å². The Morgan fingerprint density at radius 2 is 2.31 bits per heavy atom. The monoisotopic (exact) mass is 220 g/mol. The first kappa shape index (κ1) is 12.7. The summed E-state index contributed by atoms with van der Waals surface area (Å²) in [6.45, 7) is 5.74. The van der Waals surface area contributed by atoms with Crippen LogP contribution in [-0.2, 0) is 0 Å². The van der Waals surface area contributed by atoms with Gasteiger partial charge in [-0.05, 0) is 51.1 Å². The molecule has 0 saturated carbocycles. The highest BCUT2D eigenvalue weighted by molar-refractivity contribution is 5.63. The van der Waals surface area contributed by atoms with Gasteiger partial charge in [-0.1, -0.05) is 6.08 Å². The molecule has 1 aromatic rings. The Morgan fingerprint density at radius 3 is 3.00 bits per heavy atom. The van der Waals surface area contributed by atoms with Crippen LogP contribution in [0.4, 0.5) is 0 Å². The number of hydrogen-bond acceptors (Lipinski definition) is 3. The van der Waals surface area contributed by atoms with Gasteiger partial charge in [-0.15, -0.1) is 0 Å². The second-order valence-electron chi connectivity index (χ2n) is 3.62. The molecule has 0 atom stereocenters. The van der Waals surface area contributed by atoms with Crippen LogP contribution in [-0.4, -0.2) is 25.2 Å². The van der Waals surface area contributed by atoms with E-state index < -0.39 is 0 Å². The van der Waals surface area contributed by atoms with E-state index in [2.05, 4.69) is 23.3 Å². The van der Waals surface area contributed by atoms with E-state index in [1.165, 1.54) is 5.57 Å². The Morgan fingerprint density at radius 1 is 1.50 bits per heavy atom. The van der Waals surface area contributed by atoms with Crippen LogP contribution >= 0.6 is 0 Å². The van der Waals surface area contributed by atoms with Gasteiger partial charge in [0.25, 0.3) is 0 Å². The van der Waals surface area contributed by atoms with Gasteiger partial charge < -0.3 is 10.1 Å². The predicted octanol–water partition coefficient (Wildman–Crippen LogP) is 2.49. The highest BCUT2D eigenvalue weighted by Crippen LogP contribution is 2.18. The lowest BCUT2D eigenvalue weighted by atomic mass is 10.1. The number of hydrogen-bond donors (Lipinski definition) is 1. The highest BCUT2D eigenvalue weighted by Gasteiger charge is 1.99. The molecule has 0 radical (unpaired) electrons. The number of pyridine rings is 1. The molecule has 0 aliphatic carbocycles. The van der Waals surface area contributed by atoms with E-state index in [-0.39, 0.29) is 0 Å². The number of aromatic nitrogens is 1. The minimum atomic E-state index is 0.674. The first-order valence-electron chi connectivity index (χ1n) is 5.67. The average Bonchev–Trinajstić information content (AvgIpc) is 2.30. The number of nitrogens with one attached hydrogen (secondary N) is 1. The zero-order valence-electron chi connectivity index (χ0n) is 10.3. The molecule has 0 aromatic carbocycles. The molecule has 3 nitrogen and oxygen atoms in total. The fraction of sp³-hybridized carbons (Fsp3) is 0.462.